The summed E-state index contributed by atoms with van der Waals surface area (Å²) in [5, 5.41) is 1.67. The summed E-state index contributed by atoms with van der Waals surface area (Å²) in [6.07, 6.45) is 0. The van der Waals surface area contributed by atoms with Gasteiger partial charge in [-0.3, -0.25) is 14.4 Å². The predicted octanol–water partition coefficient (Wildman–Crippen LogP) is 4.25. The minimum Gasteiger partial charge on any atom is -0.287 e. The molecule has 0 N–H and O–H groups in total. The molecule has 2 heterocycles. The molecule has 0 fully saturated rings. The summed E-state index contributed by atoms with van der Waals surface area (Å²) in [6, 6.07) is 19.3. The standard InChI is InChI=1S/C24H15FN2O3/c1-14-15-8-5-7-13-20(15)26(21(14)22(28)18-11-4-6-12-19(18)25)27-23(29)16-9-2-3-10-17(16)24(27)30/h2-13H,1H3. The molecule has 1 aromatic heterocycles. The third kappa shape index (κ3) is 2.37. The third-order valence-electron chi connectivity index (χ3n) is 5.41. The van der Waals surface area contributed by atoms with Gasteiger partial charge in [-0.2, -0.15) is 5.01 Å². The number of imide groups is 1. The first kappa shape index (κ1) is 18.0. The number of hydrogen-bond donors (Lipinski definition) is 0. The van der Waals surface area contributed by atoms with Gasteiger partial charge in [-0.05, 0) is 42.8 Å². The van der Waals surface area contributed by atoms with Gasteiger partial charge in [-0.1, -0.05) is 42.5 Å². The van der Waals surface area contributed by atoms with E-state index in [2.05, 4.69) is 0 Å². The molecule has 0 bridgehead atoms. The normalized spacial score (nSPS) is 13.2. The highest BCUT2D eigenvalue weighted by Gasteiger charge is 2.40. The van der Waals surface area contributed by atoms with E-state index >= 15 is 0 Å². The van der Waals surface area contributed by atoms with Crippen molar-refractivity contribution in [3.05, 3.63) is 107 Å². The van der Waals surface area contributed by atoms with Gasteiger partial charge in [-0.25, -0.2) is 9.07 Å². The maximum Gasteiger partial charge on any atom is 0.281 e. The van der Waals surface area contributed by atoms with Crippen LogP contribution in [-0.4, -0.2) is 22.3 Å². The topological polar surface area (TPSA) is 59.4 Å². The van der Waals surface area contributed by atoms with Crippen molar-refractivity contribution in [3.8, 4) is 0 Å². The fourth-order valence-corrected chi connectivity index (χ4v) is 3.99. The van der Waals surface area contributed by atoms with Gasteiger partial charge in [0.2, 0.25) is 5.78 Å². The maximum absolute atomic E-state index is 14.4. The third-order valence-corrected chi connectivity index (χ3v) is 5.41. The zero-order valence-electron chi connectivity index (χ0n) is 15.9. The summed E-state index contributed by atoms with van der Waals surface area (Å²) in [6.45, 7) is 1.73. The van der Waals surface area contributed by atoms with Crippen molar-refractivity contribution >= 4 is 28.5 Å². The number of carbonyl (C=O) groups excluding carboxylic acids is 3. The molecule has 5 rings (SSSR count). The second-order valence-corrected chi connectivity index (χ2v) is 7.08. The second kappa shape index (κ2) is 6.49. The number of rotatable bonds is 3. The van der Waals surface area contributed by atoms with Gasteiger partial charge >= 0.3 is 0 Å². The zero-order valence-corrected chi connectivity index (χ0v) is 15.9. The summed E-state index contributed by atoms with van der Waals surface area (Å²) < 4.78 is 15.7. The number of aromatic nitrogens is 1. The molecule has 0 saturated carbocycles. The number of hydrogen-bond acceptors (Lipinski definition) is 3. The quantitative estimate of drug-likeness (QED) is 0.383. The molecule has 0 spiro atoms. The van der Waals surface area contributed by atoms with Gasteiger partial charge in [0.15, 0.2) is 0 Å². The van der Waals surface area contributed by atoms with E-state index in [9.17, 15) is 18.8 Å². The van der Waals surface area contributed by atoms with Crippen molar-refractivity contribution in [3.63, 3.8) is 0 Å². The molecule has 0 unspecified atom stereocenters. The zero-order chi connectivity index (χ0) is 21.0. The van der Waals surface area contributed by atoms with E-state index in [1.807, 2.05) is 0 Å². The lowest BCUT2D eigenvalue weighted by atomic mass is 10.0. The number of nitrogens with zero attached hydrogens (tertiary/aromatic N) is 2. The first-order valence-corrected chi connectivity index (χ1v) is 9.38. The lowest BCUT2D eigenvalue weighted by molar-refractivity contribution is 0.0886. The summed E-state index contributed by atoms with van der Waals surface area (Å²) in [5.41, 5.74) is 1.57. The molecule has 3 aromatic carbocycles. The van der Waals surface area contributed by atoms with Crippen molar-refractivity contribution in [2.75, 3.05) is 5.01 Å². The predicted molar refractivity (Wildman–Crippen MR) is 110 cm³/mol. The summed E-state index contributed by atoms with van der Waals surface area (Å²) >= 11 is 0. The van der Waals surface area contributed by atoms with E-state index in [4.69, 9.17) is 0 Å². The van der Waals surface area contributed by atoms with E-state index in [1.54, 1.807) is 61.5 Å². The van der Waals surface area contributed by atoms with E-state index in [1.165, 1.54) is 22.9 Å². The summed E-state index contributed by atoms with van der Waals surface area (Å²) in [5.74, 6) is -2.32. The smallest absolute Gasteiger partial charge is 0.281 e. The molecule has 0 aliphatic carbocycles. The van der Waals surface area contributed by atoms with Gasteiger partial charge in [0.05, 0.1) is 22.2 Å². The van der Waals surface area contributed by atoms with Crippen LogP contribution in [0.2, 0.25) is 0 Å². The number of benzene rings is 3. The van der Waals surface area contributed by atoms with Crippen molar-refractivity contribution in [1.29, 1.82) is 0 Å². The number of aryl methyl sites for hydroxylation is 1. The first-order valence-electron chi connectivity index (χ1n) is 9.38. The lowest BCUT2D eigenvalue weighted by Gasteiger charge is -2.20. The Kier molecular flexibility index (Phi) is 3.89. The van der Waals surface area contributed by atoms with E-state index in [-0.39, 0.29) is 22.4 Å². The van der Waals surface area contributed by atoms with Crippen molar-refractivity contribution in [2.24, 2.45) is 0 Å². The van der Waals surface area contributed by atoms with Crippen LogP contribution in [0, 0.1) is 12.7 Å². The molecular weight excluding hydrogens is 383 g/mol. The molecule has 30 heavy (non-hydrogen) atoms. The molecule has 0 radical (unpaired) electrons. The average molecular weight is 398 g/mol. The minimum atomic E-state index is -0.666. The summed E-state index contributed by atoms with van der Waals surface area (Å²) in [7, 11) is 0. The minimum absolute atomic E-state index is 0.0795. The molecule has 5 nitrogen and oxygen atoms in total. The first-order chi connectivity index (χ1) is 14.5. The Hall–Kier alpha value is -4.06. The highest BCUT2D eigenvalue weighted by molar-refractivity contribution is 6.31. The van der Waals surface area contributed by atoms with Crippen molar-refractivity contribution in [2.45, 2.75) is 6.92 Å². The van der Waals surface area contributed by atoms with E-state index in [0.29, 0.717) is 16.5 Å². The van der Waals surface area contributed by atoms with Gasteiger partial charge in [-0.15, -0.1) is 0 Å². The molecule has 6 heteroatoms. The number of para-hydroxylation sites is 1. The van der Waals surface area contributed by atoms with Crippen LogP contribution in [0.4, 0.5) is 4.39 Å². The Balaban J connectivity index is 1.81. The number of halogens is 1. The Morgan fingerprint density at radius 3 is 2.03 bits per heavy atom. The van der Waals surface area contributed by atoms with Gasteiger partial charge in [0.1, 0.15) is 11.5 Å². The van der Waals surface area contributed by atoms with Crippen LogP contribution in [0.25, 0.3) is 10.9 Å². The molecule has 1 aliphatic rings. The van der Waals surface area contributed by atoms with Crippen molar-refractivity contribution in [1.82, 2.24) is 4.68 Å². The number of amides is 2. The van der Waals surface area contributed by atoms with Gasteiger partial charge in [0.25, 0.3) is 11.8 Å². The van der Waals surface area contributed by atoms with Crippen LogP contribution in [0.15, 0.2) is 72.8 Å². The van der Waals surface area contributed by atoms with E-state index < -0.39 is 23.4 Å². The fraction of sp³-hybridized carbons (Fsp3) is 0.0417. The van der Waals surface area contributed by atoms with Crippen LogP contribution >= 0.6 is 0 Å². The van der Waals surface area contributed by atoms with Crippen LogP contribution in [-0.2, 0) is 0 Å². The lowest BCUT2D eigenvalue weighted by Crippen LogP contribution is -2.41. The Morgan fingerprint density at radius 2 is 1.37 bits per heavy atom. The van der Waals surface area contributed by atoms with E-state index in [0.717, 1.165) is 5.01 Å². The number of carbonyl (C=O) groups is 3. The van der Waals surface area contributed by atoms with Crippen LogP contribution in [0.1, 0.15) is 42.3 Å². The van der Waals surface area contributed by atoms with Gasteiger partial charge in [0, 0.05) is 5.39 Å². The second-order valence-electron chi connectivity index (χ2n) is 7.08. The largest absolute Gasteiger partial charge is 0.287 e. The monoisotopic (exact) mass is 398 g/mol. The Morgan fingerprint density at radius 1 is 0.800 bits per heavy atom. The van der Waals surface area contributed by atoms with Crippen LogP contribution in [0.5, 0.6) is 0 Å². The van der Waals surface area contributed by atoms with Crippen LogP contribution in [0.3, 0.4) is 0 Å². The molecule has 0 saturated heterocycles. The van der Waals surface area contributed by atoms with Gasteiger partial charge < -0.3 is 0 Å². The molecular formula is C24H15FN2O3. The number of ketones is 1. The maximum atomic E-state index is 14.4. The molecule has 0 atom stereocenters. The SMILES string of the molecule is Cc1c(C(=O)c2ccccc2F)n(N2C(=O)c3ccccc3C2=O)c2ccccc12. The highest BCUT2D eigenvalue weighted by Crippen LogP contribution is 2.31. The molecule has 146 valence electrons. The Bertz CT molecular complexity index is 1350. The fourth-order valence-electron chi connectivity index (χ4n) is 3.99. The highest BCUT2D eigenvalue weighted by atomic mass is 19.1. The Labute approximate surface area is 170 Å². The molecule has 2 amide bonds. The molecule has 4 aromatic rings. The summed E-state index contributed by atoms with van der Waals surface area (Å²) in [4.78, 5) is 39.7. The molecule has 1 aliphatic heterocycles. The average Bonchev–Trinajstić information content (AvgIpc) is 3.19. The number of fused-ring (bicyclic) bond motifs is 2. The van der Waals surface area contributed by atoms with Crippen molar-refractivity contribution < 1.29 is 18.8 Å². The van der Waals surface area contributed by atoms with Crippen LogP contribution < -0.4 is 5.01 Å².